The standard InChI is InChI=1S/C12H15N.2C5H10.Zr/c1-10-6-5-9-12(10)13-11-7-3-2-4-8-11;2*1-2-4-5-3-1;/h2-4,7-8,10,12H,1,5-6,9H2;2*1-5H2;/q-2;;;+4/t10-,12+;;;/m1.../s1. The first-order valence-electron chi connectivity index (χ1n) is 9.95. The van der Waals surface area contributed by atoms with E-state index in [1.165, 1.54) is 83.5 Å². The molecule has 1 aromatic rings. The van der Waals surface area contributed by atoms with Gasteiger partial charge in [0.2, 0.25) is 0 Å². The summed E-state index contributed by atoms with van der Waals surface area (Å²) in [7, 11) is 0. The van der Waals surface area contributed by atoms with Crippen molar-refractivity contribution in [1.82, 2.24) is 0 Å². The van der Waals surface area contributed by atoms with Crippen LogP contribution in [0.3, 0.4) is 0 Å². The van der Waals surface area contributed by atoms with Crippen molar-refractivity contribution in [3.8, 4) is 0 Å². The van der Waals surface area contributed by atoms with Gasteiger partial charge < -0.3 is 12.2 Å². The molecule has 3 saturated carbocycles. The zero-order chi connectivity index (χ0) is 16.2. The molecule has 0 saturated heterocycles. The third-order valence-electron chi connectivity index (χ3n) is 5.19. The molecule has 0 bridgehead atoms. The van der Waals surface area contributed by atoms with E-state index >= 15 is 0 Å². The van der Waals surface area contributed by atoms with Crippen LogP contribution in [0.1, 0.15) is 83.5 Å². The van der Waals surface area contributed by atoms with Crippen molar-refractivity contribution in [3.63, 3.8) is 0 Å². The minimum Gasteiger partial charge on any atom is -0.683 e. The van der Waals surface area contributed by atoms with E-state index < -0.39 is 0 Å². The second-order valence-electron chi connectivity index (χ2n) is 7.26. The summed E-state index contributed by atoms with van der Waals surface area (Å²) in [5.41, 5.74) is 1.10. The zero-order valence-electron chi connectivity index (χ0n) is 15.4. The Morgan fingerprint density at radius 3 is 1.50 bits per heavy atom. The normalized spacial score (nSPS) is 24.9. The van der Waals surface area contributed by atoms with Crippen LogP contribution in [0.5, 0.6) is 0 Å². The van der Waals surface area contributed by atoms with E-state index in [0.29, 0.717) is 12.0 Å². The maximum atomic E-state index is 4.68. The summed E-state index contributed by atoms with van der Waals surface area (Å²) >= 11 is 0. The van der Waals surface area contributed by atoms with Crippen LogP contribution in [0.25, 0.3) is 5.32 Å². The van der Waals surface area contributed by atoms with Gasteiger partial charge in [-0.1, -0.05) is 114 Å². The first kappa shape index (κ1) is 21.9. The minimum atomic E-state index is 0. The van der Waals surface area contributed by atoms with Crippen molar-refractivity contribution in [3.05, 3.63) is 42.6 Å². The van der Waals surface area contributed by atoms with Crippen LogP contribution in [0, 0.1) is 12.8 Å². The predicted molar refractivity (Wildman–Crippen MR) is 102 cm³/mol. The fraction of sp³-hybridized carbons (Fsp3) is 0.682. The number of hydrogen-bond donors (Lipinski definition) is 0. The van der Waals surface area contributed by atoms with E-state index in [2.05, 4.69) is 24.4 Å². The molecule has 2 heteroatoms. The van der Waals surface area contributed by atoms with Crippen molar-refractivity contribution >= 4 is 5.69 Å². The molecule has 3 aliphatic carbocycles. The average molecular weight is 405 g/mol. The number of nitrogens with zero attached hydrogens (tertiary/aromatic N) is 1. The molecule has 0 aromatic heterocycles. The van der Waals surface area contributed by atoms with Crippen LogP contribution in [0.15, 0.2) is 30.3 Å². The molecule has 0 unspecified atom stereocenters. The number of benzene rings is 1. The Bertz CT molecular complexity index is 359. The van der Waals surface area contributed by atoms with E-state index in [0.717, 1.165) is 5.69 Å². The molecule has 0 radical (unpaired) electrons. The monoisotopic (exact) mass is 403 g/mol. The summed E-state index contributed by atoms with van der Waals surface area (Å²) in [6.45, 7) is 4.12. The van der Waals surface area contributed by atoms with Crippen LogP contribution in [-0.4, -0.2) is 6.04 Å². The first-order valence-corrected chi connectivity index (χ1v) is 9.95. The molecular formula is C22H35NZr+2. The minimum absolute atomic E-state index is 0. The van der Waals surface area contributed by atoms with Crippen molar-refractivity contribution in [2.45, 2.75) is 89.5 Å². The van der Waals surface area contributed by atoms with Crippen LogP contribution in [-0.2, 0) is 26.2 Å². The second kappa shape index (κ2) is 14.1. The van der Waals surface area contributed by atoms with E-state index in [1.54, 1.807) is 0 Å². The maximum Gasteiger partial charge on any atom is 4.00 e. The van der Waals surface area contributed by atoms with Crippen molar-refractivity contribution in [2.24, 2.45) is 5.92 Å². The molecule has 1 nitrogen and oxygen atoms in total. The van der Waals surface area contributed by atoms with Gasteiger partial charge in [-0.3, -0.25) is 0 Å². The SMILES string of the molecule is C1CCCC1.C1CCCC1.[CH2-][C@@H]1CCC[C@@H]1[N-]c1ccccc1.[Zr+4]. The Kier molecular flexibility index (Phi) is 12.9. The number of rotatable bonds is 2. The Morgan fingerprint density at radius 1 is 0.667 bits per heavy atom. The molecule has 3 fully saturated rings. The predicted octanol–water partition coefficient (Wildman–Crippen LogP) is 7.59. The molecule has 130 valence electrons. The fourth-order valence-corrected chi connectivity index (χ4v) is 3.66. The van der Waals surface area contributed by atoms with Crippen molar-refractivity contribution in [1.29, 1.82) is 0 Å². The van der Waals surface area contributed by atoms with Crippen molar-refractivity contribution < 1.29 is 26.2 Å². The largest absolute Gasteiger partial charge is 4.00 e. The Morgan fingerprint density at radius 2 is 1.12 bits per heavy atom. The Balaban J connectivity index is 0.000000216. The molecule has 2 atom stereocenters. The quantitative estimate of drug-likeness (QED) is 0.451. The first-order chi connectivity index (χ1) is 11.4. The van der Waals surface area contributed by atoms with Gasteiger partial charge in [-0.05, 0) is 0 Å². The summed E-state index contributed by atoms with van der Waals surface area (Å²) in [5, 5.41) is 4.68. The molecule has 4 rings (SSSR count). The van der Waals surface area contributed by atoms with Gasteiger partial charge in [-0.15, -0.1) is 11.7 Å². The van der Waals surface area contributed by atoms with Gasteiger partial charge in [0.15, 0.2) is 0 Å². The molecular weight excluding hydrogens is 369 g/mol. The van der Waals surface area contributed by atoms with Gasteiger partial charge >= 0.3 is 26.2 Å². The summed E-state index contributed by atoms with van der Waals surface area (Å²) in [6.07, 6.45) is 18.7. The van der Waals surface area contributed by atoms with Crippen LogP contribution in [0.2, 0.25) is 0 Å². The third-order valence-corrected chi connectivity index (χ3v) is 5.19. The second-order valence-corrected chi connectivity index (χ2v) is 7.26. The molecule has 0 heterocycles. The van der Waals surface area contributed by atoms with Gasteiger partial charge in [-0.25, -0.2) is 0 Å². The van der Waals surface area contributed by atoms with Crippen LogP contribution >= 0.6 is 0 Å². The molecule has 0 amide bonds. The third kappa shape index (κ3) is 9.40. The zero-order valence-corrected chi connectivity index (χ0v) is 17.8. The van der Waals surface area contributed by atoms with Gasteiger partial charge in [0, 0.05) is 0 Å². The van der Waals surface area contributed by atoms with Gasteiger partial charge in [0.25, 0.3) is 0 Å². The van der Waals surface area contributed by atoms with Gasteiger partial charge in [0.1, 0.15) is 0 Å². The summed E-state index contributed by atoms with van der Waals surface area (Å²) in [4.78, 5) is 0. The topological polar surface area (TPSA) is 14.1 Å². The van der Waals surface area contributed by atoms with E-state index in [9.17, 15) is 0 Å². The number of para-hydroxylation sites is 1. The Labute approximate surface area is 169 Å². The summed E-state index contributed by atoms with van der Waals surface area (Å²) < 4.78 is 0. The van der Waals surface area contributed by atoms with Crippen LogP contribution < -0.4 is 0 Å². The maximum absolute atomic E-state index is 4.68. The van der Waals surface area contributed by atoms with E-state index in [-0.39, 0.29) is 26.2 Å². The van der Waals surface area contributed by atoms with Crippen LogP contribution in [0.4, 0.5) is 5.69 Å². The molecule has 24 heavy (non-hydrogen) atoms. The van der Waals surface area contributed by atoms with Gasteiger partial charge in [0.05, 0.1) is 0 Å². The number of hydrogen-bond acceptors (Lipinski definition) is 0. The fourth-order valence-electron chi connectivity index (χ4n) is 3.66. The molecule has 1 aromatic carbocycles. The average Bonchev–Trinajstić information content (AvgIpc) is 3.36. The summed E-state index contributed by atoms with van der Waals surface area (Å²) in [6, 6.07) is 10.7. The molecule has 3 aliphatic rings. The van der Waals surface area contributed by atoms with Crippen molar-refractivity contribution in [2.75, 3.05) is 0 Å². The smallest absolute Gasteiger partial charge is 0.683 e. The van der Waals surface area contributed by atoms with Gasteiger partial charge in [-0.2, -0.15) is 5.92 Å². The van der Waals surface area contributed by atoms with E-state index in [1.807, 2.05) is 18.2 Å². The molecule has 0 aliphatic heterocycles. The molecule has 0 N–H and O–H groups in total. The Hall–Kier alpha value is -0.0969. The molecule has 0 spiro atoms. The van der Waals surface area contributed by atoms with E-state index in [4.69, 9.17) is 0 Å². The summed E-state index contributed by atoms with van der Waals surface area (Å²) in [5.74, 6) is 0.528.